The van der Waals surface area contributed by atoms with Gasteiger partial charge in [0, 0.05) is 0 Å². The van der Waals surface area contributed by atoms with Crippen LogP contribution in [0, 0.1) is 5.41 Å². The van der Waals surface area contributed by atoms with Crippen molar-refractivity contribution in [1.29, 1.82) is 0 Å². The topological polar surface area (TPSA) is 9.23 Å². The molecule has 1 nitrogen and oxygen atoms in total. The van der Waals surface area contributed by atoms with Crippen LogP contribution in [0.15, 0.2) is 24.3 Å². The molecule has 0 aliphatic carbocycles. The predicted octanol–water partition coefficient (Wildman–Crippen LogP) is 5.02. The van der Waals surface area contributed by atoms with Crippen LogP contribution in [0.2, 0.25) is 0 Å². The maximum Gasteiger partial charge on any atom is 0.119 e. The quantitative estimate of drug-likeness (QED) is 0.695. The first-order valence-corrected chi connectivity index (χ1v) is 6.69. The van der Waals surface area contributed by atoms with Crippen LogP contribution in [-0.2, 0) is 0 Å². The summed E-state index contributed by atoms with van der Waals surface area (Å²) < 4.78 is 5.48. The minimum absolute atomic E-state index is 0.388. The highest BCUT2D eigenvalue weighted by Gasteiger charge is 2.18. The van der Waals surface area contributed by atoms with Crippen molar-refractivity contribution in [3.05, 3.63) is 29.8 Å². The molecule has 0 heterocycles. The Hall–Kier alpha value is -0.980. The molecule has 1 aromatic carbocycles. The van der Waals surface area contributed by atoms with E-state index in [0.29, 0.717) is 11.3 Å². The molecule has 0 aliphatic rings. The molecule has 1 unspecified atom stereocenters. The molecule has 1 aromatic rings. The van der Waals surface area contributed by atoms with E-state index >= 15 is 0 Å². The van der Waals surface area contributed by atoms with Crippen LogP contribution in [0.3, 0.4) is 0 Å². The van der Waals surface area contributed by atoms with Crippen molar-refractivity contribution >= 4 is 0 Å². The van der Waals surface area contributed by atoms with Crippen molar-refractivity contribution in [3.63, 3.8) is 0 Å². The van der Waals surface area contributed by atoms with Crippen LogP contribution in [0.4, 0.5) is 0 Å². The van der Waals surface area contributed by atoms with E-state index in [1.807, 2.05) is 6.92 Å². The first-order valence-electron chi connectivity index (χ1n) is 6.69. The average molecular weight is 234 g/mol. The van der Waals surface area contributed by atoms with Crippen molar-refractivity contribution in [1.82, 2.24) is 0 Å². The average Bonchev–Trinajstić information content (AvgIpc) is 2.26. The molecule has 0 saturated heterocycles. The van der Waals surface area contributed by atoms with Crippen LogP contribution in [0.25, 0.3) is 0 Å². The molecule has 0 radical (unpaired) electrons. The normalized spacial score (nSPS) is 13.5. The van der Waals surface area contributed by atoms with E-state index in [1.54, 1.807) is 0 Å². The van der Waals surface area contributed by atoms with Gasteiger partial charge in [-0.25, -0.2) is 0 Å². The number of hydrogen-bond acceptors (Lipinski definition) is 1. The van der Waals surface area contributed by atoms with Gasteiger partial charge in [0.15, 0.2) is 0 Å². The van der Waals surface area contributed by atoms with Gasteiger partial charge in [-0.3, -0.25) is 0 Å². The van der Waals surface area contributed by atoms with Gasteiger partial charge in [0.05, 0.1) is 6.61 Å². The fourth-order valence-corrected chi connectivity index (χ4v) is 2.24. The third-order valence-electron chi connectivity index (χ3n) is 3.01. The number of benzene rings is 1. The monoisotopic (exact) mass is 234 g/mol. The standard InChI is InChI=1S/C16H26O/c1-6-13(12-16(3,4)5)14-8-10-15(11-9-14)17-7-2/h8-11,13H,6-7,12H2,1-5H3. The van der Waals surface area contributed by atoms with E-state index in [2.05, 4.69) is 52.0 Å². The van der Waals surface area contributed by atoms with E-state index < -0.39 is 0 Å². The molecule has 1 heteroatoms. The molecule has 1 rings (SSSR count). The summed E-state index contributed by atoms with van der Waals surface area (Å²) in [5.74, 6) is 1.63. The lowest BCUT2D eigenvalue weighted by atomic mass is 9.80. The minimum Gasteiger partial charge on any atom is -0.494 e. The van der Waals surface area contributed by atoms with Gasteiger partial charge in [-0.05, 0) is 48.8 Å². The van der Waals surface area contributed by atoms with Gasteiger partial charge in [0.1, 0.15) is 5.75 Å². The lowest BCUT2D eigenvalue weighted by Crippen LogP contribution is -2.11. The van der Waals surface area contributed by atoms with Crippen molar-refractivity contribution in [2.24, 2.45) is 5.41 Å². The van der Waals surface area contributed by atoms with E-state index in [-0.39, 0.29) is 0 Å². The molecular weight excluding hydrogens is 208 g/mol. The lowest BCUT2D eigenvalue weighted by Gasteiger charge is -2.25. The Labute approximate surface area is 106 Å². The van der Waals surface area contributed by atoms with Gasteiger partial charge < -0.3 is 4.74 Å². The van der Waals surface area contributed by atoms with E-state index in [9.17, 15) is 0 Å². The Morgan fingerprint density at radius 1 is 1.06 bits per heavy atom. The van der Waals surface area contributed by atoms with Crippen LogP contribution < -0.4 is 4.74 Å². The highest BCUT2D eigenvalue weighted by atomic mass is 16.5. The first kappa shape index (κ1) is 14.1. The van der Waals surface area contributed by atoms with Crippen LogP contribution in [-0.4, -0.2) is 6.61 Å². The van der Waals surface area contributed by atoms with Gasteiger partial charge in [0.2, 0.25) is 0 Å². The largest absolute Gasteiger partial charge is 0.494 e. The Morgan fingerprint density at radius 3 is 2.06 bits per heavy atom. The maximum atomic E-state index is 5.48. The summed E-state index contributed by atoms with van der Waals surface area (Å²) >= 11 is 0. The zero-order valence-electron chi connectivity index (χ0n) is 11.9. The van der Waals surface area contributed by atoms with Gasteiger partial charge in [-0.15, -0.1) is 0 Å². The Kier molecular flexibility index (Phi) is 5.04. The summed E-state index contributed by atoms with van der Waals surface area (Å²) in [7, 11) is 0. The first-order chi connectivity index (χ1) is 7.96. The third kappa shape index (κ3) is 4.80. The molecule has 0 N–H and O–H groups in total. The minimum atomic E-state index is 0.388. The van der Waals surface area contributed by atoms with E-state index in [1.165, 1.54) is 18.4 Å². The molecule has 96 valence electrons. The van der Waals surface area contributed by atoms with Gasteiger partial charge in [-0.2, -0.15) is 0 Å². The summed E-state index contributed by atoms with van der Waals surface area (Å²) in [6, 6.07) is 8.60. The summed E-state index contributed by atoms with van der Waals surface area (Å²) in [5, 5.41) is 0. The SMILES string of the molecule is CCOc1ccc(C(CC)CC(C)(C)C)cc1. The Bertz CT molecular complexity index is 318. The molecule has 0 spiro atoms. The zero-order chi connectivity index (χ0) is 12.9. The van der Waals surface area contributed by atoms with Gasteiger partial charge >= 0.3 is 0 Å². The third-order valence-corrected chi connectivity index (χ3v) is 3.01. The van der Waals surface area contributed by atoms with E-state index in [0.717, 1.165) is 12.4 Å². The highest BCUT2D eigenvalue weighted by molar-refractivity contribution is 5.29. The predicted molar refractivity (Wildman–Crippen MR) is 74.7 cm³/mol. The Morgan fingerprint density at radius 2 is 1.65 bits per heavy atom. The number of hydrogen-bond donors (Lipinski definition) is 0. The van der Waals surface area contributed by atoms with Crippen LogP contribution in [0.1, 0.15) is 58.9 Å². The Balaban J connectivity index is 2.75. The van der Waals surface area contributed by atoms with Gasteiger partial charge in [-0.1, -0.05) is 39.8 Å². The van der Waals surface area contributed by atoms with Gasteiger partial charge in [0.25, 0.3) is 0 Å². The second kappa shape index (κ2) is 6.09. The summed E-state index contributed by atoms with van der Waals surface area (Å²) in [6.07, 6.45) is 2.43. The van der Waals surface area contributed by atoms with Crippen LogP contribution in [0.5, 0.6) is 5.75 Å². The molecule has 0 bridgehead atoms. The maximum absolute atomic E-state index is 5.48. The zero-order valence-corrected chi connectivity index (χ0v) is 11.9. The lowest BCUT2D eigenvalue weighted by molar-refractivity contribution is 0.333. The smallest absolute Gasteiger partial charge is 0.119 e. The molecule has 0 amide bonds. The molecule has 17 heavy (non-hydrogen) atoms. The molecular formula is C16H26O. The van der Waals surface area contributed by atoms with Crippen molar-refractivity contribution in [3.8, 4) is 5.75 Å². The summed E-state index contributed by atoms with van der Waals surface area (Å²) in [5.41, 5.74) is 1.82. The fraction of sp³-hybridized carbons (Fsp3) is 0.625. The van der Waals surface area contributed by atoms with E-state index in [4.69, 9.17) is 4.74 Å². The molecule has 0 fully saturated rings. The molecule has 0 aliphatic heterocycles. The molecule has 0 saturated carbocycles. The van der Waals surface area contributed by atoms with Crippen molar-refractivity contribution in [2.75, 3.05) is 6.61 Å². The van der Waals surface area contributed by atoms with Crippen molar-refractivity contribution in [2.45, 2.75) is 53.4 Å². The van der Waals surface area contributed by atoms with Crippen LogP contribution >= 0.6 is 0 Å². The molecule has 0 aromatic heterocycles. The summed E-state index contributed by atoms with van der Waals surface area (Å²) in [6.45, 7) is 12.0. The number of ether oxygens (including phenoxy) is 1. The second-order valence-corrected chi connectivity index (χ2v) is 5.87. The molecule has 1 atom stereocenters. The van der Waals surface area contributed by atoms with Crippen molar-refractivity contribution < 1.29 is 4.74 Å². The summed E-state index contributed by atoms with van der Waals surface area (Å²) in [4.78, 5) is 0. The highest BCUT2D eigenvalue weighted by Crippen LogP contribution is 2.33. The fourth-order valence-electron chi connectivity index (χ4n) is 2.24. The second-order valence-electron chi connectivity index (χ2n) is 5.87. The number of rotatable bonds is 5.